The van der Waals surface area contributed by atoms with E-state index in [0.717, 1.165) is 13.1 Å². The molecule has 0 aromatic heterocycles. The Balaban J connectivity index is 2.05. The molecule has 88 valence electrons. The molecule has 1 saturated heterocycles. The van der Waals surface area contributed by atoms with Gasteiger partial charge in [0.25, 0.3) is 0 Å². The van der Waals surface area contributed by atoms with Gasteiger partial charge in [-0.05, 0) is 32.4 Å². The van der Waals surface area contributed by atoms with Gasteiger partial charge in [-0.25, -0.2) is 0 Å². The van der Waals surface area contributed by atoms with Gasteiger partial charge < -0.3 is 5.32 Å². The number of rotatable bonds is 2. The first kappa shape index (κ1) is 11.6. The molecule has 1 aromatic carbocycles. The maximum atomic E-state index is 3.54. The van der Waals surface area contributed by atoms with E-state index in [1.165, 1.54) is 18.5 Å². The van der Waals surface area contributed by atoms with E-state index in [2.05, 4.69) is 54.4 Å². The van der Waals surface area contributed by atoms with Crippen molar-refractivity contribution in [2.24, 2.45) is 0 Å². The van der Waals surface area contributed by atoms with Crippen molar-refractivity contribution in [3.05, 3.63) is 35.9 Å². The van der Waals surface area contributed by atoms with E-state index in [1.807, 2.05) is 0 Å². The lowest BCUT2D eigenvalue weighted by atomic mass is 10.1. The lowest BCUT2D eigenvalue weighted by molar-refractivity contribution is 0.210. The van der Waals surface area contributed by atoms with Gasteiger partial charge in [-0.15, -0.1) is 0 Å². The van der Waals surface area contributed by atoms with Crippen molar-refractivity contribution in [2.75, 3.05) is 19.6 Å². The van der Waals surface area contributed by atoms with Gasteiger partial charge in [0.15, 0.2) is 0 Å². The summed E-state index contributed by atoms with van der Waals surface area (Å²) in [5, 5.41) is 3.54. The van der Waals surface area contributed by atoms with E-state index >= 15 is 0 Å². The molecular formula is C14H22N2. The van der Waals surface area contributed by atoms with E-state index in [9.17, 15) is 0 Å². The number of benzene rings is 1. The fraction of sp³-hybridized carbons (Fsp3) is 0.571. The van der Waals surface area contributed by atoms with Gasteiger partial charge in [0.1, 0.15) is 0 Å². The second kappa shape index (κ2) is 5.46. The predicted molar refractivity (Wildman–Crippen MR) is 68.5 cm³/mol. The Kier molecular flexibility index (Phi) is 3.97. The molecule has 0 aliphatic carbocycles. The minimum atomic E-state index is 0.531. The molecular weight excluding hydrogens is 196 g/mol. The Labute approximate surface area is 98.7 Å². The van der Waals surface area contributed by atoms with Crippen LogP contribution in [-0.4, -0.2) is 30.6 Å². The van der Waals surface area contributed by atoms with Crippen LogP contribution in [-0.2, 0) is 0 Å². The van der Waals surface area contributed by atoms with Crippen LogP contribution in [0.2, 0.25) is 0 Å². The maximum Gasteiger partial charge on any atom is 0.0320 e. The van der Waals surface area contributed by atoms with E-state index in [-0.39, 0.29) is 0 Å². The summed E-state index contributed by atoms with van der Waals surface area (Å²) < 4.78 is 0. The van der Waals surface area contributed by atoms with Crippen molar-refractivity contribution in [2.45, 2.75) is 32.4 Å². The zero-order chi connectivity index (χ0) is 11.4. The minimum Gasteiger partial charge on any atom is -0.313 e. The maximum absolute atomic E-state index is 3.54. The van der Waals surface area contributed by atoms with Crippen LogP contribution in [0.15, 0.2) is 30.3 Å². The highest BCUT2D eigenvalue weighted by atomic mass is 15.2. The summed E-state index contributed by atoms with van der Waals surface area (Å²) in [7, 11) is 0. The second-order valence-corrected chi connectivity index (χ2v) is 4.79. The van der Waals surface area contributed by atoms with E-state index in [0.29, 0.717) is 12.1 Å². The number of hydrogen-bond donors (Lipinski definition) is 1. The second-order valence-electron chi connectivity index (χ2n) is 4.79. The van der Waals surface area contributed by atoms with E-state index in [1.54, 1.807) is 0 Å². The molecule has 1 aliphatic heterocycles. The van der Waals surface area contributed by atoms with Crippen LogP contribution in [0.5, 0.6) is 0 Å². The molecule has 0 saturated carbocycles. The molecule has 1 fully saturated rings. The summed E-state index contributed by atoms with van der Waals surface area (Å²) in [6, 6.07) is 11.9. The SMILES string of the molecule is CC1CN(C(C)c2ccccc2)CCCN1. The number of hydrogen-bond acceptors (Lipinski definition) is 2. The van der Waals surface area contributed by atoms with Crippen LogP contribution in [0.1, 0.15) is 31.9 Å². The molecule has 1 aromatic rings. The zero-order valence-electron chi connectivity index (χ0n) is 10.3. The average molecular weight is 218 g/mol. The molecule has 2 heteroatoms. The Morgan fingerprint density at radius 1 is 1.31 bits per heavy atom. The van der Waals surface area contributed by atoms with Crippen molar-refractivity contribution in [1.82, 2.24) is 10.2 Å². The quantitative estimate of drug-likeness (QED) is 0.820. The third kappa shape index (κ3) is 2.83. The third-order valence-corrected chi connectivity index (χ3v) is 3.45. The van der Waals surface area contributed by atoms with Crippen LogP contribution in [0.3, 0.4) is 0 Å². The molecule has 2 unspecified atom stereocenters. The van der Waals surface area contributed by atoms with Gasteiger partial charge in [0.2, 0.25) is 0 Å². The van der Waals surface area contributed by atoms with Crippen LogP contribution in [0.4, 0.5) is 0 Å². The first-order chi connectivity index (χ1) is 7.77. The summed E-state index contributed by atoms with van der Waals surface area (Å²) in [6.07, 6.45) is 1.25. The molecule has 2 rings (SSSR count). The first-order valence-corrected chi connectivity index (χ1v) is 6.30. The van der Waals surface area contributed by atoms with Crippen LogP contribution < -0.4 is 5.32 Å². The molecule has 1 aliphatic rings. The van der Waals surface area contributed by atoms with Crippen LogP contribution in [0.25, 0.3) is 0 Å². The molecule has 0 amide bonds. The number of nitrogens with one attached hydrogen (secondary N) is 1. The minimum absolute atomic E-state index is 0.531. The molecule has 0 spiro atoms. The molecule has 2 atom stereocenters. The Morgan fingerprint density at radius 3 is 2.81 bits per heavy atom. The lowest BCUT2D eigenvalue weighted by Gasteiger charge is -2.29. The highest BCUT2D eigenvalue weighted by Gasteiger charge is 2.19. The van der Waals surface area contributed by atoms with Crippen LogP contribution >= 0.6 is 0 Å². The van der Waals surface area contributed by atoms with E-state index < -0.39 is 0 Å². The van der Waals surface area contributed by atoms with Gasteiger partial charge in [-0.1, -0.05) is 30.3 Å². The van der Waals surface area contributed by atoms with Crippen molar-refractivity contribution in [1.29, 1.82) is 0 Å². The average Bonchev–Trinajstić information content (AvgIpc) is 2.54. The summed E-state index contributed by atoms with van der Waals surface area (Å²) in [5.41, 5.74) is 1.43. The fourth-order valence-electron chi connectivity index (χ4n) is 2.43. The Morgan fingerprint density at radius 2 is 2.06 bits per heavy atom. The summed E-state index contributed by atoms with van der Waals surface area (Å²) in [6.45, 7) is 8.09. The molecule has 1 N–H and O–H groups in total. The number of nitrogens with zero attached hydrogens (tertiary/aromatic N) is 1. The van der Waals surface area contributed by atoms with Gasteiger partial charge >= 0.3 is 0 Å². The normalized spacial score (nSPS) is 25.0. The smallest absolute Gasteiger partial charge is 0.0320 e. The lowest BCUT2D eigenvalue weighted by Crippen LogP contribution is -2.36. The van der Waals surface area contributed by atoms with Crippen LogP contribution in [0, 0.1) is 0 Å². The highest BCUT2D eigenvalue weighted by molar-refractivity contribution is 5.18. The van der Waals surface area contributed by atoms with E-state index in [4.69, 9.17) is 0 Å². The van der Waals surface area contributed by atoms with Gasteiger partial charge in [0.05, 0.1) is 0 Å². The molecule has 1 heterocycles. The summed E-state index contributed by atoms with van der Waals surface area (Å²) >= 11 is 0. The Hall–Kier alpha value is -0.860. The third-order valence-electron chi connectivity index (χ3n) is 3.45. The monoisotopic (exact) mass is 218 g/mol. The van der Waals surface area contributed by atoms with Crippen molar-refractivity contribution in [3.63, 3.8) is 0 Å². The standard InChI is InChI=1S/C14H22N2/c1-12-11-16(10-6-9-15-12)13(2)14-7-4-3-5-8-14/h3-5,7-8,12-13,15H,6,9-11H2,1-2H3. The largest absolute Gasteiger partial charge is 0.313 e. The zero-order valence-corrected chi connectivity index (χ0v) is 10.3. The fourth-order valence-corrected chi connectivity index (χ4v) is 2.43. The predicted octanol–water partition coefficient (Wildman–Crippen LogP) is 2.43. The molecule has 16 heavy (non-hydrogen) atoms. The highest BCUT2D eigenvalue weighted by Crippen LogP contribution is 2.21. The van der Waals surface area contributed by atoms with Gasteiger partial charge in [-0.3, -0.25) is 4.90 Å². The van der Waals surface area contributed by atoms with Crippen molar-refractivity contribution >= 4 is 0 Å². The van der Waals surface area contributed by atoms with Gasteiger partial charge in [-0.2, -0.15) is 0 Å². The molecule has 2 nitrogen and oxygen atoms in total. The molecule has 0 radical (unpaired) electrons. The Bertz CT molecular complexity index is 310. The van der Waals surface area contributed by atoms with Crippen molar-refractivity contribution < 1.29 is 0 Å². The summed E-state index contributed by atoms with van der Waals surface area (Å²) in [5.74, 6) is 0. The van der Waals surface area contributed by atoms with Crippen molar-refractivity contribution in [3.8, 4) is 0 Å². The van der Waals surface area contributed by atoms with Gasteiger partial charge in [0, 0.05) is 25.2 Å². The molecule has 0 bridgehead atoms. The summed E-state index contributed by atoms with van der Waals surface area (Å²) in [4.78, 5) is 2.58. The topological polar surface area (TPSA) is 15.3 Å². The first-order valence-electron chi connectivity index (χ1n) is 6.30.